The predicted octanol–water partition coefficient (Wildman–Crippen LogP) is 3.32. The first kappa shape index (κ1) is 17.4. The summed E-state index contributed by atoms with van der Waals surface area (Å²) in [5.41, 5.74) is 5.26. The zero-order valence-electron chi connectivity index (χ0n) is 14.8. The van der Waals surface area contributed by atoms with E-state index in [0.717, 1.165) is 16.5 Å². The number of carbonyl (C=O) groups is 1. The molecule has 0 radical (unpaired) electrons. The van der Waals surface area contributed by atoms with Gasteiger partial charge in [-0.25, -0.2) is 5.43 Å². The third-order valence-corrected chi connectivity index (χ3v) is 3.97. The zero-order valence-corrected chi connectivity index (χ0v) is 14.8. The second-order valence-corrected chi connectivity index (χ2v) is 5.62. The van der Waals surface area contributed by atoms with Crippen LogP contribution in [0.25, 0.3) is 10.9 Å². The lowest BCUT2D eigenvalue weighted by molar-refractivity contribution is 0.0954. The van der Waals surface area contributed by atoms with Crippen LogP contribution in [0.1, 0.15) is 21.6 Å². The monoisotopic (exact) mass is 349 g/mol. The number of hydrogen-bond donors (Lipinski definition) is 1. The fraction of sp³-hybridized carbons (Fsp3) is 0.150. The molecule has 0 aliphatic carbocycles. The number of para-hydroxylation sites is 1. The van der Waals surface area contributed by atoms with Gasteiger partial charge in [0, 0.05) is 17.0 Å². The van der Waals surface area contributed by atoms with Gasteiger partial charge in [0.25, 0.3) is 5.91 Å². The number of nitrogens with one attached hydrogen (secondary N) is 1. The van der Waals surface area contributed by atoms with Gasteiger partial charge in [0.2, 0.25) is 0 Å². The van der Waals surface area contributed by atoms with Crippen LogP contribution >= 0.6 is 0 Å². The summed E-state index contributed by atoms with van der Waals surface area (Å²) in [7, 11) is 3.15. The Hall–Kier alpha value is -3.41. The SMILES string of the molecule is COc1ccc(/C=N\NC(=O)c2cc3ccccc3nc2C)c(OC)c1. The minimum absolute atomic E-state index is 0.315. The van der Waals surface area contributed by atoms with E-state index in [2.05, 4.69) is 15.5 Å². The number of hydrogen-bond acceptors (Lipinski definition) is 5. The largest absolute Gasteiger partial charge is 0.497 e. The van der Waals surface area contributed by atoms with Gasteiger partial charge in [0.15, 0.2) is 0 Å². The van der Waals surface area contributed by atoms with Crippen LogP contribution in [0.3, 0.4) is 0 Å². The molecule has 2 aromatic carbocycles. The summed E-state index contributed by atoms with van der Waals surface area (Å²) >= 11 is 0. The summed E-state index contributed by atoms with van der Waals surface area (Å²) < 4.78 is 10.5. The van der Waals surface area contributed by atoms with Crippen molar-refractivity contribution in [3.8, 4) is 11.5 Å². The van der Waals surface area contributed by atoms with Gasteiger partial charge < -0.3 is 9.47 Å². The lowest BCUT2D eigenvalue weighted by atomic mass is 10.1. The van der Waals surface area contributed by atoms with Crippen molar-refractivity contribution in [1.82, 2.24) is 10.4 Å². The number of benzene rings is 2. The fourth-order valence-corrected chi connectivity index (χ4v) is 2.59. The first-order chi connectivity index (χ1) is 12.6. The van der Waals surface area contributed by atoms with E-state index in [4.69, 9.17) is 9.47 Å². The molecular weight excluding hydrogens is 330 g/mol. The molecule has 0 saturated carbocycles. The molecule has 26 heavy (non-hydrogen) atoms. The Morgan fingerprint density at radius 1 is 1.12 bits per heavy atom. The van der Waals surface area contributed by atoms with Crippen molar-refractivity contribution in [3.05, 3.63) is 65.4 Å². The minimum Gasteiger partial charge on any atom is -0.497 e. The quantitative estimate of drug-likeness (QED) is 0.566. The second kappa shape index (κ2) is 7.65. The average molecular weight is 349 g/mol. The van der Waals surface area contributed by atoms with Crippen molar-refractivity contribution in [1.29, 1.82) is 0 Å². The highest BCUT2D eigenvalue weighted by molar-refractivity contribution is 5.99. The Balaban J connectivity index is 1.79. The van der Waals surface area contributed by atoms with Gasteiger partial charge in [-0.05, 0) is 31.2 Å². The molecule has 6 nitrogen and oxygen atoms in total. The van der Waals surface area contributed by atoms with Crippen molar-refractivity contribution in [2.24, 2.45) is 5.10 Å². The molecule has 1 aromatic heterocycles. The van der Waals surface area contributed by atoms with Crippen molar-refractivity contribution < 1.29 is 14.3 Å². The van der Waals surface area contributed by atoms with Crippen LogP contribution in [-0.4, -0.2) is 31.3 Å². The molecule has 1 heterocycles. The predicted molar refractivity (Wildman–Crippen MR) is 101 cm³/mol. The van der Waals surface area contributed by atoms with Crippen LogP contribution in [-0.2, 0) is 0 Å². The number of methoxy groups -OCH3 is 2. The number of amides is 1. The van der Waals surface area contributed by atoms with E-state index in [1.807, 2.05) is 30.3 Å². The molecule has 6 heteroatoms. The number of aryl methyl sites for hydroxylation is 1. The van der Waals surface area contributed by atoms with Gasteiger partial charge >= 0.3 is 0 Å². The Labute approximate surface area is 151 Å². The minimum atomic E-state index is -0.315. The number of rotatable bonds is 5. The number of hydrazone groups is 1. The van der Waals surface area contributed by atoms with Crippen LogP contribution in [0.5, 0.6) is 11.5 Å². The van der Waals surface area contributed by atoms with Crippen LogP contribution in [0.15, 0.2) is 53.6 Å². The lowest BCUT2D eigenvalue weighted by Crippen LogP contribution is -2.19. The molecule has 0 atom stereocenters. The standard InChI is InChI=1S/C20H19N3O3/c1-13-17(10-14-6-4-5-7-18(14)22-13)20(24)23-21-12-15-8-9-16(25-2)11-19(15)26-3/h4-12H,1-3H3,(H,23,24)/b21-12-. The number of nitrogens with zero attached hydrogens (tertiary/aromatic N) is 2. The van der Waals surface area contributed by atoms with E-state index in [1.165, 1.54) is 6.21 Å². The Bertz CT molecular complexity index is 983. The molecule has 1 amide bonds. The van der Waals surface area contributed by atoms with Crippen LogP contribution in [0.4, 0.5) is 0 Å². The Morgan fingerprint density at radius 3 is 2.69 bits per heavy atom. The van der Waals surface area contributed by atoms with Gasteiger partial charge in [0.1, 0.15) is 11.5 Å². The summed E-state index contributed by atoms with van der Waals surface area (Å²) in [6.07, 6.45) is 1.53. The van der Waals surface area contributed by atoms with Crippen LogP contribution < -0.4 is 14.9 Å². The molecular formula is C20H19N3O3. The first-order valence-corrected chi connectivity index (χ1v) is 8.04. The molecule has 0 saturated heterocycles. The molecule has 3 rings (SSSR count). The number of fused-ring (bicyclic) bond motifs is 1. The fourth-order valence-electron chi connectivity index (χ4n) is 2.59. The van der Waals surface area contributed by atoms with Gasteiger partial charge in [-0.2, -0.15) is 5.10 Å². The highest BCUT2D eigenvalue weighted by Gasteiger charge is 2.11. The maximum atomic E-state index is 12.4. The van der Waals surface area contributed by atoms with E-state index in [-0.39, 0.29) is 5.91 Å². The average Bonchev–Trinajstić information content (AvgIpc) is 2.67. The Kier molecular flexibility index (Phi) is 5.12. The number of pyridine rings is 1. The van der Waals surface area contributed by atoms with E-state index in [0.29, 0.717) is 22.8 Å². The normalized spacial score (nSPS) is 10.9. The number of aromatic nitrogens is 1. The van der Waals surface area contributed by atoms with Crippen molar-refractivity contribution in [3.63, 3.8) is 0 Å². The first-order valence-electron chi connectivity index (χ1n) is 8.04. The van der Waals surface area contributed by atoms with Crippen molar-refractivity contribution in [2.75, 3.05) is 14.2 Å². The molecule has 0 unspecified atom stereocenters. The molecule has 0 aliphatic heterocycles. The van der Waals surface area contributed by atoms with E-state index < -0.39 is 0 Å². The highest BCUT2D eigenvalue weighted by Crippen LogP contribution is 2.23. The smallest absolute Gasteiger partial charge is 0.273 e. The zero-order chi connectivity index (χ0) is 18.5. The van der Waals surface area contributed by atoms with Gasteiger partial charge in [0.05, 0.1) is 37.2 Å². The van der Waals surface area contributed by atoms with Gasteiger partial charge in [-0.3, -0.25) is 9.78 Å². The summed E-state index contributed by atoms with van der Waals surface area (Å²) in [4.78, 5) is 16.9. The van der Waals surface area contributed by atoms with Crippen LogP contribution in [0.2, 0.25) is 0 Å². The van der Waals surface area contributed by atoms with Gasteiger partial charge in [-0.15, -0.1) is 0 Å². The summed E-state index contributed by atoms with van der Waals surface area (Å²) in [6.45, 7) is 1.80. The van der Waals surface area contributed by atoms with Crippen LogP contribution in [0, 0.1) is 6.92 Å². The topological polar surface area (TPSA) is 72.8 Å². The Morgan fingerprint density at radius 2 is 1.92 bits per heavy atom. The molecule has 0 spiro atoms. The lowest BCUT2D eigenvalue weighted by Gasteiger charge is -2.08. The molecule has 132 valence electrons. The third kappa shape index (κ3) is 3.64. The van der Waals surface area contributed by atoms with Crippen molar-refractivity contribution in [2.45, 2.75) is 6.92 Å². The molecule has 0 fully saturated rings. The van der Waals surface area contributed by atoms with Gasteiger partial charge in [-0.1, -0.05) is 18.2 Å². The molecule has 0 bridgehead atoms. The maximum absolute atomic E-state index is 12.4. The van der Waals surface area contributed by atoms with E-state index in [1.54, 1.807) is 39.3 Å². The second-order valence-electron chi connectivity index (χ2n) is 5.62. The maximum Gasteiger partial charge on any atom is 0.273 e. The number of carbonyl (C=O) groups excluding carboxylic acids is 1. The molecule has 3 aromatic rings. The summed E-state index contributed by atoms with van der Waals surface area (Å²) in [5, 5.41) is 4.94. The number of ether oxygens (including phenoxy) is 2. The van der Waals surface area contributed by atoms with E-state index in [9.17, 15) is 4.79 Å². The molecule has 1 N–H and O–H groups in total. The third-order valence-electron chi connectivity index (χ3n) is 3.97. The molecule has 0 aliphatic rings. The van der Waals surface area contributed by atoms with Crippen molar-refractivity contribution >= 4 is 23.0 Å². The van der Waals surface area contributed by atoms with E-state index >= 15 is 0 Å². The highest BCUT2D eigenvalue weighted by atomic mass is 16.5. The summed E-state index contributed by atoms with van der Waals surface area (Å²) in [6, 6.07) is 14.8. The summed E-state index contributed by atoms with van der Waals surface area (Å²) in [5.74, 6) is 0.969.